The van der Waals surface area contributed by atoms with Crippen molar-refractivity contribution in [3.8, 4) is 0 Å². The van der Waals surface area contributed by atoms with Crippen LogP contribution in [0.5, 0.6) is 0 Å². The number of halogens is 2. The molecule has 88 valence electrons. The van der Waals surface area contributed by atoms with Crippen molar-refractivity contribution in [3.05, 3.63) is 28.0 Å². The molecule has 1 rings (SSSR count). The van der Waals surface area contributed by atoms with Crippen LogP contribution in [0.25, 0.3) is 0 Å². The summed E-state index contributed by atoms with van der Waals surface area (Å²) in [4.78, 5) is 17.1. The second-order valence-corrected chi connectivity index (χ2v) is 4.23. The minimum atomic E-state index is -0.296. The molecule has 1 atom stereocenters. The van der Waals surface area contributed by atoms with Crippen LogP contribution in [-0.4, -0.2) is 40.6 Å². The fraction of sp³-hybridized carbons (Fsp3) is 0.400. The number of hydrogen-bond acceptors (Lipinski definition) is 3. The van der Waals surface area contributed by atoms with Gasteiger partial charge in [-0.25, -0.2) is 4.98 Å². The standard InChI is InChI=1S/C10H12Cl2N2O2/c1-6(5-15)14(2)10(16)7-3-9(12)13-4-8(7)11/h3-4,6,15H,5H2,1-2H3. The summed E-state index contributed by atoms with van der Waals surface area (Å²) in [5, 5.41) is 9.41. The largest absolute Gasteiger partial charge is 0.394 e. The molecule has 16 heavy (non-hydrogen) atoms. The first-order valence-corrected chi connectivity index (χ1v) is 5.42. The van der Waals surface area contributed by atoms with E-state index in [2.05, 4.69) is 4.98 Å². The smallest absolute Gasteiger partial charge is 0.255 e. The Bertz CT molecular complexity index is 398. The molecular formula is C10H12Cl2N2O2. The van der Waals surface area contributed by atoms with E-state index >= 15 is 0 Å². The van der Waals surface area contributed by atoms with Crippen molar-refractivity contribution in [1.82, 2.24) is 9.88 Å². The number of amides is 1. The summed E-state index contributed by atoms with van der Waals surface area (Å²) in [6.45, 7) is 1.62. The average molecular weight is 263 g/mol. The normalized spacial score (nSPS) is 12.3. The Morgan fingerprint density at radius 1 is 1.62 bits per heavy atom. The summed E-state index contributed by atoms with van der Waals surface area (Å²) < 4.78 is 0. The zero-order valence-electron chi connectivity index (χ0n) is 8.94. The van der Waals surface area contributed by atoms with Gasteiger partial charge in [-0.05, 0) is 13.0 Å². The molecule has 1 N–H and O–H groups in total. The van der Waals surface area contributed by atoms with Gasteiger partial charge in [0.1, 0.15) is 5.15 Å². The Morgan fingerprint density at radius 2 is 2.25 bits per heavy atom. The number of nitrogens with zero attached hydrogens (tertiary/aromatic N) is 2. The molecule has 0 bridgehead atoms. The molecule has 1 aromatic heterocycles. The molecule has 1 aromatic rings. The Kier molecular flexibility index (Phi) is 4.53. The number of rotatable bonds is 3. The van der Waals surface area contributed by atoms with E-state index in [-0.39, 0.29) is 34.3 Å². The summed E-state index contributed by atoms with van der Waals surface area (Å²) in [7, 11) is 1.59. The van der Waals surface area contributed by atoms with E-state index in [1.807, 2.05) is 0 Å². The monoisotopic (exact) mass is 262 g/mol. The summed E-state index contributed by atoms with van der Waals surface area (Å²) in [5.41, 5.74) is 0.282. The molecule has 0 saturated carbocycles. The molecule has 1 heterocycles. The van der Waals surface area contributed by atoms with E-state index in [0.29, 0.717) is 0 Å². The van der Waals surface area contributed by atoms with Gasteiger partial charge in [-0.1, -0.05) is 23.2 Å². The van der Waals surface area contributed by atoms with E-state index in [0.717, 1.165) is 0 Å². The molecule has 0 spiro atoms. The van der Waals surface area contributed by atoms with Crippen molar-refractivity contribution in [2.75, 3.05) is 13.7 Å². The van der Waals surface area contributed by atoms with Gasteiger partial charge in [-0.3, -0.25) is 4.79 Å². The third-order valence-corrected chi connectivity index (χ3v) is 2.81. The molecule has 0 aromatic carbocycles. The van der Waals surface area contributed by atoms with Crippen LogP contribution in [0.3, 0.4) is 0 Å². The van der Waals surface area contributed by atoms with Gasteiger partial charge in [0.25, 0.3) is 5.91 Å². The minimum absolute atomic E-state index is 0.112. The zero-order valence-corrected chi connectivity index (χ0v) is 10.5. The lowest BCUT2D eigenvalue weighted by Crippen LogP contribution is -2.37. The third-order valence-electron chi connectivity index (χ3n) is 2.30. The van der Waals surface area contributed by atoms with Gasteiger partial charge >= 0.3 is 0 Å². The number of aromatic nitrogens is 1. The molecule has 0 aliphatic rings. The molecule has 0 aliphatic carbocycles. The molecule has 1 unspecified atom stereocenters. The maximum absolute atomic E-state index is 12.0. The first kappa shape index (κ1) is 13.2. The predicted molar refractivity (Wildman–Crippen MR) is 62.9 cm³/mol. The predicted octanol–water partition coefficient (Wildman–Crippen LogP) is 1.84. The van der Waals surface area contributed by atoms with Crippen LogP contribution in [0.1, 0.15) is 17.3 Å². The lowest BCUT2D eigenvalue weighted by molar-refractivity contribution is 0.0682. The number of likely N-dealkylation sites (N-methyl/N-ethyl adjacent to an activating group) is 1. The number of hydrogen-bond donors (Lipinski definition) is 1. The molecule has 6 heteroatoms. The zero-order chi connectivity index (χ0) is 12.3. The highest BCUT2D eigenvalue weighted by Crippen LogP contribution is 2.20. The SMILES string of the molecule is CC(CO)N(C)C(=O)c1cc(Cl)ncc1Cl. The number of carbonyl (C=O) groups is 1. The summed E-state index contributed by atoms with van der Waals surface area (Å²) >= 11 is 11.5. The van der Waals surface area contributed by atoms with Gasteiger partial charge in [0, 0.05) is 13.2 Å². The fourth-order valence-electron chi connectivity index (χ4n) is 1.09. The second kappa shape index (κ2) is 5.48. The van der Waals surface area contributed by atoms with Gasteiger partial charge in [0.15, 0.2) is 0 Å². The number of pyridine rings is 1. The summed E-state index contributed by atoms with van der Waals surface area (Å²) in [5.74, 6) is -0.296. The Morgan fingerprint density at radius 3 is 2.81 bits per heavy atom. The minimum Gasteiger partial charge on any atom is -0.394 e. The van der Waals surface area contributed by atoms with Crippen LogP contribution in [0.15, 0.2) is 12.3 Å². The highest BCUT2D eigenvalue weighted by molar-refractivity contribution is 6.35. The van der Waals surface area contributed by atoms with Crippen molar-refractivity contribution >= 4 is 29.1 Å². The number of aliphatic hydroxyl groups is 1. The van der Waals surface area contributed by atoms with Crippen LogP contribution < -0.4 is 0 Å². The van der Waals surface area contributed by atoms with Crippen molar-refractivity contribution < 1.29 is 9.90 Å². The maximum atomic E-state index is 12.0. The van der Waals surface area contributed by atoms with Crippen LogP contribution in [0, 0.1) is 0 Å². The number of aliphatic hydroxyl groups excluding tert-OH is 1. The molecule has 4 nitrogen and oxygen atoms in total. The van der Waals surface area contributed by atoms with Crippen LogP contribution in [0.4, 0.5) is 0 Å². The highest BCUT2D eigenvalue weighted by atomic mass is 35.5. The topological polar surface area (TPSA) is 53.4 Å². The van der Waals surface area contributed by atoms with Crippen LogP contribution in [-0.2, 0) is 0 Å². The van der Waals surface area contributed by atoms with E-state index < -0.39 is 0 Å². The first-order valence-electron chi connectivity index (χ1n) is 4.66. The van der Waals surface area contributed by atoms with Gasteiger partial charge in [-0.15, -0.1) is 0 Å². The van der Waals surface area contributed by atoms with E-state index in [9.17, 15) is 4.79 Å². The van der Waals surface area contributed by atoms with Gasteiger partial charge in [0.2, 0.25) is 0 Å². The van der Waals surface area contributed by atoms with E-state index in [1.54, 1.807) is 14.0 Å². The van der Waals surface area contributed by atoms with Gasteiger partial charge in [0.05, 0.1) is 23.2 Å². The average Bonchev–Trinajstić information content (AvgIpc) is 2.29. The molecular weight excluding hydrogens is 251 g/mol. The Labute approximate surface area is 104 Å². The van der Waals surface area contributed by atoms with Crippen molar-refractivity contribution in [3.63, 3.8) is 0 Å². The lowest BCUT2D eigenvalue weighted by atomic mass is 10.2. The quantitative estimate of drug-likeness (QED) is 0.846. The molecule has 1 amide bonds. The van der Waals surface area contributed by atoms with Crippen molar-refractivity contribution in [2.24, 2.45) is 0 Å². The lowest BCUT2D eigenvalue weighted by Gasteiger charge is -2.23. The molecule has 0 aliphatic heterocycles. The summed E-state index contributed by atoms with van der Waals surface area (Å²) in [6.07, 6.45) is 1.33. The Hall–Kier alpha value is -0.840. The maximum Gasteiger partial charge on any atom is 0.255 e. The molecule has 0 fully saturated rings. The first-order chi connectivity index (χ1) is 7.47. The van der Waals surface area contributed by atoms with E-state index in [4.69, 9.17) is 28.3 Å². The van der Waals surface area contributed by atoms with Crippen molar-refractivity contribution in [1.29, 1.82) is 0 Å². The second-order valence-electron chi connectivity index (χ2n) is 3.43. The van der Waals surface area contributed by atoms with Crippen LogP contribution in [0.2, 0.25) is 10.2 Å². The number of carbonyl (C=O) groups excluding carboxylic acids is 1. The van der Waals surface area contributed by atoms with Crippen molar-refractivity contribution in [2.45, 2.75) is 13.0 Å². The molecule has 0 saturated heterocycles. The van der Waals surface area contributed by atoms with Crippen LogP contribution >= 0.6 is 23.2 Å². The van der Waals surface area contributed by atoms with E-state index in [1.165, 1.54) is 17.2 Å². The third kappa shape index (κ3) is 2.84. The highest BCUT2D eigenvalue weighted by Gasteiger charge is 2.19. The van der Waals surface area contributed by atoms with Gasteiger partial charge in [-0.2, -0.15) is 0 Å². The summed E-state index contributed by atoms with van der Waals surface area (Å²) in [6, 6.07) is 1.13. The Balaban J connectivity index is 3.00. The van der Waals surface area contributed by atoms with Gasteiger partial charge < -0.3 is 10.0 Å². The fourth-order valence-corrected chi connectivity index (χ4v) is 1.43. The molecule has 0 radical (unpaired) electrons.